The van der Waals surface area contributed by atoms with Gasteiger partial charge in [-0.15, -0.1) is 0 Å². The zero-order chi connectivity index (χ0) is 10.0. The van der Waals surface area contributed by atoms with Gasteiger partial charge in [0.1, 0.15) is 22.9 Å². The maximum atomic E-state index is 13.2. The fourth-order valence-corrected chi connectivity index (χ4v) is 1.14. The molecule has 1 unspecified atom stereocenters. The molecule has 0 aliphatic rings. The van der Waals surface area contributed by atoms with Crippen LogP contribution in [-0.2, 0) is 4.79 Å². The van der Waals surface area contributed by atoms with Gasteiger partial charge in [-0.05, 0) is 11.6 Å². The standard InChI is InChI=1S/C9H7ClF2O/c1-5(4-13)6-2-3-7(11)8(10)9(6)12/h2-5H,1H3. The molecule has 0 fully saturated rings. The van der Waals surface area contributed by atoms with Gasteiger partial charge in [0.2, 0.25) is 0 Å². The van der Waals surface area contributed by atoms with E-state index >= 15 is 0 Å². The fraction of sp³-hybridized carbons (Fsp3) is 0.222. The van der Waals surface area contributed by atoms with Crippen molar-refractivity contribution in [2.75, 3.05) is 0 Å². The van der Waals surface area contributed by atoms with E-state index in [1.807, 2.05) is 0 Å². The summed E-state index contributed by atoms with van der Waals surface area (Å²) in [5.41, 5.74) is 0.112. The van der Waals surface area contributed by atoms with Crippen LogP contribution in [0, 0.1) is 11.6 Å². The highest BCUT2D eigenvalue weighted by molar-refractivity contribution is 6.31. The van der Waals surface area contributed by atoms with Gasteiger partial charge in [0.05, 0.1) is 0 Å². The molecule has 0 aliphatic heterocycles. The number of carbonyl (C=O) groups is 1. The average Bonchev–Trinajstić information content (AvgIpc) is 2.13. The first-order valence-electron chi connectivity index (χ1n) is 3.66. The Morgan fingerprint density at radius 2 is 2.08 bits per heavy atom. The Labute approximate surface area is 79.3 Å². The summed E-state index contributed by atoms with van der Waals surface area (Å²) in [6, 6.07) is 2.26. The SMILES string of the molecule is CC(C=O)c1ccc(F)c(Cl)c1F. The molecule has 4 heteroatoms. The van der Waals surface area contributed by atoms with Gasteiger partial charge in [0, 0.05) is 5.92 Å². The third-order valence-electron chi connectivity index (χ3n) is 1.76. The van der Waals surface area contributed by atoms with E-state index in [4.69, 9.17) is 11.6 Å². The van der Waals surface area contributed by atoms with Crippen molar-refractivity contribution in [3.63, 3.8) is 0 Å². The molecule has 0 saturated heterocycles. The van der Waals surface area contributed by atoms with Gasteiger partial charge >= 0.3 is 0 Å². The molecule has 0 saturated carbocycles. The quantitative estimate of drug-likeness (QED) is 0.535. The predicted octanol–water partition coefficient (Wildman–Crippen LogP) is 2.92. The van der Waals surface area contributed by atoms with Crippen LogP contribution in [0.2, 0.25) is 5.02 Å². The molecule has 70 valence electrons. The fourth-order valence-electron chi connectivity index (χ4n) is 0.966. The van der Waals surface area contributed by atoms with Crippen molar-refractivity contribution < 1.29 is 13.6 Å². The maximum Gasteiger partial charge on any atom is 0.148 e. The molecule has 0 amide bonds. The monoisotopic (exact) mass is 204 g/mol. The van der Waals surface area contributed by atoms with Crippen LogP contribution in [0.25, 0.3) is 0 Å². The first-order valence-corrected chi connectivity index (χ1v) is 4.04. The maximum absolute atomic E-state index is 13.2. The lowest BCUT2D eigenvalue weighted by molar-refractivity contribution is -0.108. The summed E-state index contributed by atoms with van der Waals surface area (Å²) in [5.74, 6) is -2.29. The van der Waals surface area contributed by atoms with Crippen LogP contribution in [0.1, 0.15) is 18.4 Å². The molecule has 1 aromatic carbocycles. The van der Waals surface area contributed by atoms with Gasteiger partial charge < -0.3 is 4.79 Å². The Morgan fingerprint density at radius 3 is 2.62 bits per heavy atom. The highest BCUT2D eigenvalue weighted by Gasteiger charge is 2.15. The zero-order valence-electron chi connectivity index (χ0n) is 6.85. The Kier molecular flexibility index (Phi) is 2.98. The Morgan fingerprint density at radius 1 is 1.46 bits per heavy atom. The topological polar surface area (TPSA) is 17.1 Å². The van der Waals surface area contributed by atoms with Crippen molar-refractivity contribution in [3.05, 3.63) is 34.4 Å². The van der Waals surface area contributed by atoms with Crippen LogP contribution < -0.4 is 0 Å². The summed E-state index contributed by atoms with van der Waals surface area (Å²) in [5, 5.41) is -0.564. The molecular formula is C9H7ClF2O. The van der Waals surface area contributed by atoms with E-state index in [2.05, 4.69) is 0 Å². The van der Waals surface area contributed by atoms with Gasteiger partial charge in [-0.3, -0.25) is 0 Å². The van der Waals surface area contributed by atoms with E-state index in [0.29, 0.717) is 6.29 Å². The molecule has 0 aromatic heterocycles. The minimum absolute atomic E-state index is 0.112. The first-order chi connectivity index (χ1) is 6.07. The normalized spacial score (nSPS) is 12.6. The van der Waals surface area contributed by atoms with Crippen molar-refractivity contribution in [2.24, 2.45) is 0 Å². The molecule has 1 rings (SSSR count). The summed E-state index contributed by atoms with van der Waals surface area (Å²) in [4.78, 5) is 10.4. The molecule has 0 heterocycles. The second-order valence-electron chi connectivity index (χ2n) is 2.69. The Hall–Kier alpha value is -0.960. The highest BCUT2D eigenvalue weighted by atomic mass is 35.5. The van der Waals surface area contributed by atoms with E-state index < -0.39 is 22.6 Å². The number of aldehydes is 1. The van der Waals surface area contributed by atoms with Gasteiger partial charge in [-0.25, -0.2) is 8.78 Å². The molecule has 1 atom stereocenters. The van der Waals surface area contributed by atoms with Gasteiger partial charge in [-0.2, -0.15) is 0 Å². The van der Waals surface area contributed by atoms with E-state index in [1.54, 1.807) is 0 Å². The van der Waals surface area contributed by atoms with Gasteiger partial charge in [-0.1, -0.05) is 24.6 Å². The van der Waals surface area contributed by atoms with E-state index in [9.17, 15) is 13.6 Å². The number of carbonyl (C=O) groups excluding carboxylic acids is 1. The zero-order valence-corrected chi connectivity index (χ0v) is 7.61. The van der Waals surface area contributed by atoms with Gasteiger partial charge in [0.15, 0.2) is 0 Å². The molecule has 1 aromatic rings. The molecule has 0 N–H and O–H groups in total. The molecule has 0 bridgehead atoms. The molecule has 0 spiro atoms. The number of benzene rings is 1. The van der Waals surface area contributed by atoms with Crippen molar-refractivity contribution in [2.45, 2.75) is 12.8 Å². The first kappa shape index (κ1) is 10.1. The minimum atomic E-state index is -0.860. The van der Waals surface area contributed by atoms with Crippen molar-refractivity contribution in [1.29, 1.82) is 0 Å². The van der Waals surface area contributed by atoms with Crippen LogP contribution >= 0.6 is 11.6 Å². The molecule has 1 nitrogen and oxygen atoms in total. The lowest BCUT2D eigenvalue weighted by atomic mass is 10.0. The summed E-state index contributed by atoms with van der Waals surface area (Å²) < 4.78 is 25.8. The lowest BCUT2D eigenvalue weighted by Gasteiger charge is -2.06. The third kappa shape index (κ3) is 1.86. The molecular weight excluding hydrogens is 198 g/mol. The Balaban J connectivity index is 3.25. The van der Waals surface area contributed by atoms with E-state index in [1.165, 1.54) is 13.0 Å². The van der Waals surface area contributed by atoms with Crippen LogP contribution in [0.5, 0.6) is 0 Å². The number of hydrogen-bond donors (Lipinski definition) is 0. The van der Waals surface area contributed by atoms with Crippen molar-refractivity contribution in [3.8, 4) is 0 Å². The van der Waals surface area contributed by atoms with E-state index in [-0.39, 0.29) is 5.56 Å². The predicted molar refractivity (Wildman–Crippen MR) is 45.8 cm³/mol. The van der Waals surface area contributed by atoms with Crippen LogP contribution in [-0.4, -0.2) is 6.29 Å². The molecule has 13 heavy (non-hydrogen) atoms. The number of hydrogen-bond acceptors (Lipinski definition) is 1. The summed E-state index contributed by atoms with van der Waals surface area (Å²) >= 11 is 5.32. The molecule has 0 aliphatic carbocycles. The van der Waals surface area contributed by atoms with Gasteiger partial charge in [0.25, 0.3) is 0 Å². The van der Waals surface area contributed by atoms with Crippen LogP contribution in [0.15, 0.2) is 12.1 Å². The van der Waals surface area contributed by atoms with Crippen molar-refractivity contribution >= 4 is 17.9 Å². The summed E-state index contributed by atoms with van der Waals surface area (Å²) in [7, 11) is 0. The van der Waals surface area contributed by atoms with Crippen molar-refractivity contribution in [1.82, 2.24) is 0 Å². The second kappa shape index (κ2) is 3.83. The summed E-state index contributed by atoms with van der Waals surface area (Å²) in [6.45, 7) is 1.51. The lowest BCUT2D eigenvalue weighted by Crippen LogP contribution is -2.00. The third-order valence-corrected chi connectivity index (χ3v) is 2.11. The van der Waals surface area contributed by atoms with Crippen LogP contribution in [0.4, 0.5) is 8.78 Å². The highest BCUT2D eigenvalue weighted by Crippen LogP contribution is 2.25. The summed E-state index contributed by atoms with van der Waals surface area (Å²) in [6.07, 6.45) is 0.576. The van der Waals surface area contributed by atoms with E-state index in [0.717, 1.165) is 6.07 Å². The number of rotatable bonds is 2. The minimum Gasteiger partial charge on any atom is -0.303 e. The smallest absolute Gasteiger partial charge is 0.148 e. The average molecular weight is 205 g/mol. The number of halogens is 3. The van der Waals surface area contributed by atoms with Crippen LogP contribution in [0.3, 0.4) is 0 Å². The largest absolute Gasteiger partial charge is 0.303 e. The molecule has 0 radical (unpaired) electrons. The Bertz CT molecular complexity index is 339. The second-order valence-corrected chi connectivity index (χ2v) is 3.07.